The smallest absolute Gasteiger partial charge is 0.164 e. The largest absolute Gasteiger partial charge is 0.394 e. The van der Waals surface area contributed by atoms with Crippen molar-refractivity contribution in [3.63, 3.8) is 0 Å². The lowest BCUT2D eigenvalue weighted by Crippen LogP contribution is -2.33. The number of anilines is 1. The SMILES string of the molecule is OC[C@H]1O[C@@H](n2cnc3c(NC4CCCC4)nccc32)C(O)C1O. The normalized spacial score (nSPS) is 31.1. The van der Waals surface area contributed by atoms with Gasteiger partial charge in [-0.1, -0.05) is 12.8 Å². The first-order valence-electron chi connectivity index (χ1n) is 8.39. The second kappa shape index (κ2) is 6.29. The highest BCUT2D eigenvalue weighted by atomic mass is 16.6. The van der Waals surface area contributed by atoms with E-state index in [0.717, 1.165) is 24.2 Å². The summed E-state index contributed by atoms with van der Waals surface area (Å²) in [6, 6.07) is 2.22. The molecule has 130 valence electrons. The molecule has 0 aromatic carbocycles. The van der Waals surface area contributed by atoms with Crippen LogP contribution in [0, 0.1) is 0 Å². The average molecular weight is 334 g/mol. The highest BCUT2D eigenvalue weighted by Crippen LogP contribution is 2.33. The molecule has 8 heteroatoms. The van der Waals surface area contributed by atoms with E-state index in [4.69, 9.17) is 4.74 Å². The molecule has 0 amide bonds. The van der Waals surface area contributed by atoms with Gasteiger partial charge in [-0.25, -0.2) is 9.97 Å². The maximum Gasteiger partial charge on any atom is 0.164 e. The zero-order chi connectivity index (χ0) is 16.7. The molecule has 2 fully saturated rings. The molecule has 1 saturated carbocycles. The van der Waals surface area contributed by atoms with E-state index < -0.39 is 24.5 Å². The Bertz CT molecular complexity index is 715. The van der Waals surface area contributed by atoms with Crippen LogP contribution in [0.1, 0.15) is 31.9 Å². The Morgan fingerprint density at radius 1 is 1.21 bits per heavy atom. The van der Waals surface area contributed by atoms with Gasteiger partial charge in [0.15, 0.2) is 12.0 Å². The van der Waals surface area contributed by atoms with Crippen molar-refractivity contribution in [3.05, 3.63) is 18.6 Å². The summed E-state index contributed by atoms with van der Waals surface area (Å²) in [5, 5.41) is 32.9. The lowest BCUT2D eigenvalue weighted by Gasteiger charge is -2.17. The lowest BCUT2D eigenvalue weighted by molar-refractivity contribution is -0.0508. The summed E-state index contributed by atoms with van der Waals surface area (Å²) in [6.45, 7) is -0.350. The highest BCUT2D eigenvalue weighted by Gasteiger charge is 2.43. The minimum atomic E-state index is -1.13. The van der Waals surface area contributed by atoms with Crippen LogP contribution in [-0.4, -0.2) is 60.8 Å². The van der Waals surface area contributed by atoms with Crippen molar-refractivity contribution in [2.24, 2.45) is 0 Å². The molecule has 4 N–H and O–H groups in total. The second-order valence-corrected chi connectivity index (χ2v) is 6.53. The van der Waals surface area contributed by atoms with Gasteiger partial charge in [0.05, 0.1) is 18.5 Å². The van der Waals surface area contributed by atoms with E-state index in [0.29, 0.717) is 11.6 Å². The number of rotatable bonds is 4. The molecule has 0 radical (unpaired) electrons. The molecule has 4 atom stereocenters. The molecule has 4 rings (SSSR count). The number of aromatic nitrogens is 3. The van der Waals surface area contributed by atoms with E-state index in [1.807, 2.05) is 0 Å². The van der Waals surface area contributed by atoms with E-state index >= 15 is 0 Å². The molecule has 0 bridgehead atoms. The van der Waals surface area contributed by atoms with Gasteiger partial charge in [0, 0.05) is 12.2 Å². The fourth-order valence-electron chi connectivity index (χ4n) is 3.64. The zero-order valence-corrected chi connectivity index (χ0v) is 13.2. The topological polar surface area (TPSA) is 113 Å². The first kappa shape index (κ1) is 15.8. The molecular weight excluding hydrogens is 312 g/mol. The van der Waals surface area contributed by atoms with Crippen LogP contribution in [0.15, 0.2) is 18.6 Å². The van der Waals surface area contributed by atoms with Crippen LogP contribution in [0.2, 0.25) is 0 Å². The lowest BCUT2D eigenvalue weighted by atomic mass is 10.1. The predicted molar refractivity (Wildman–Crippen MR) is 86.4 cm³/mol. The van der Waals surface area contributed by atoms with Gasteiger partial charge < -0.3 is 29.9 Å². The van der Waals surface area contributed by atoms with Crippen LogP contribution in [0.4, 0.5) is 5.82 Å². The fraction of sp³-hybridized carbons (Fsp3) is 0.625. The second-order valence-electron chi connectivity index (χ2n) is 6.53. The van der Waals surface area contributed by atoms with E-state index in [2.05, 4.69) is 15.3 Å². The molecule has 1 saturated heterocycles. The zero-order valence-electron chi connectivity index (χ0n) is 13.2. The molecule has 2 aliphatic rings. The summed E-state index contributed by atoms with van der Waals surface area (Å²) in [4.78, 5) is 8.81. The number of hydrogen-bond donors (Lipinski definition) is 4. The number of ether oxygens (including phenoxy) is 1. The Morgan fingerprint density at radius 3 is 2.71 bits per heavy atom. The summed E-state index contributed by atoms with van der Waals surface area (Å²) in [6.07, 6.45) is 4.14. The van der Waals surface area contributed by atoms with Gasteiger partial charge in [-0.05, 0) is 18.9 Å². The van der Waals surface area contributed by atoms with Gasteiger partial charge in [-0.15, -0.1) is 0 Å². The first-order valence-corrected chi connectivity index (χ1v) is 8.39. The molecule has 2 unspecified atom stereocenters. The van der Waals surface area contributed by atoms with E-state index in [1.54, 1.807) is 23.2 Å². The van der Waals surface area contributed by atoms with Gasteiger partial charge >= 0.3 is 0 Å². The average Bonchev–Trinajstić information content (AvgIpc) is 3.30. The van der Waals surface area contributed by atoms with Crippen LogP contribution in [0.25, 0.3) is 11.0 Å². The Kier molecular flexibility index (Phi) is 4.13. The van der Waals surface area contributed by atoms with Gasteiger partial charge in [0.1, 0.15) is 23.8 Å². The third-order valence-corrected chi connectivity index (χ3v) is 4.98. The summed E-state index contributed by atoms with van der Waals surface area (Å²) in [5.41, 5.74) is 1.47. The summed E-state index contributed by atoms with van der Waals surface area (Å²) in [7, 11) is 0. The summed E-state index contributed by atoms with van der Waals surface area (Å²) < 4.78 is 7.27. The number of nitrogens with one attached hydrogen (secondary N) is 1. The van der Waals surface area contributed by atoms with Crippen LogP contribution in [0.3, 0.4) is 0 Å². The van der Waals surface area contributed by atoms with Crippen molar-refractivity contribution in [2.45, 2.75) is 56.3 Å². The molecule has 1 aliphatic carbocycles. The standard InChI is InChI=1S/C16H22N4O4/c21-7-11-13(22)14(23)16(24-11)20-8-18-12-10(20)5-6-17-15(12)19-9-3-1-2-4-9/h5-6,8-9,11,13-14,16,21-23H,1-4,7H2,(H,17,19)/t11-,13?,14?,16-/m1/s1. The van der Waals surface area contributed by atoms with Crippen LogP contribution >= 0.6 is 0 Å². The van der Waals surface area contributed by atoms with Crippen molar-refractivity contribution in [3.8, 4) is 0 Å². The minimum Gasteiger partial charge on any atom is -0.394 e. The number of nitrogens with zero attached hydrogens (tertiary/aromatic N) is 3. The number of fused-ring (bicyclic) bond motifs is 1. The number of pyridine rings is 1. The van der Waals surface area contributed by atoms with Crippen molar-refractivity contribution in [1.82, 2.24) is 14.5 Å². The number of hydrogen-bond acceptors (Lipinski definition) is 7. The quantitative estimate of drug-likeness (QED) is 0.640. The van der Waals surface area contributed by atoms with Crippen molar-refractivity contribution < 1.29 is 20.1 Å². The van der Waals surface area contributed by atoms with Crippen LogP contribution < -0.4 is 5.32 Å². The Hall–Kier alpha value is -1.74. The first-order chi connectivity index (χ1) is 11.7. The molecule has 2 aromatic rings. The Morgan fingerprint density at radius 2 is 2.00 bits per heavy atom. The summed E-state index contributed by atoms with van der Waals surface area (Å²) in [5.74, 6) is 0.727. The molecular formula is C16H22N4O4. The fourth-order valence-corrected chi connectivity index (χ4v) is 3.64. The Balaban J connectivity index is 1.65. The van der Waals surface area contributed by atoms with E-state index in [9.17, 15) is 15.3 Å². The molecule has 2 aromatic heterocycles. The van der Waals surface area contributed by atoms with Crippen molar-refractivity contribution in [1.29, 1.82) is 0 Å². The third-order valence-electron chi connectivity index (χ3n) is 4.98. The maximum atomic E-state index is 10.2. The maximum absolute atomic E-state index is 10.2. The molecule has 24 heavy (non-hydrogen) atoms. The van der Waals surface area contributed by atoms with Crippen LogP contribution in [-0.2, 0) is 4.74 Å². The van der Waals surface area contributed by atoms with Crippen molar-refractivity contribution in [2.75, 3.05) is 11.9 Å². The van der Waals surface area contributed by atoms with Gasteiger partial charge in [-0.2, -0.15) is 0 Å². The molecule has 1 aliphatic heterocycles. The predicted octanol–water partition coefficient (Wildman–Crippen LogP) is 0.397. The van der Waals surface area contributed by atoms with Gasteiger partial charge in [0.25, 0.3) is 0 Å². The third kappa shape index (κ3) is 2.55. The molecule has 8 nitrogen and oxygen atoms in total. The summed E-state index contributed by atoms with van der Waals surface area (Å²) >= 11 is 0. The molecule has 3 heterocycles. The highest BCUT2D eigenvalue weighted by molar-refractivity contribution is 5.86. The van der Waals surface area contributed by atoms with E-state index in [1.165, 1.54) is 12.8 Å². The van der Waals surface area contributed by atoms with Crippen LogP contribution in [0.5, 0.6) is 0 Å². The minimum absolute atomic E-state index is 0.350. The number of imidazole rings is 1. The monoisotopic (exact) mass is 334 g/mol. The van der Waals surface area contributed by atoms with Gasteiger partial charge in [-0.3, -0.25) is 0 Å². The van der Waals surface area contributed by atoms with Crippen molar-refractivity contribution >= 4 is 16.9 Å². The molecule has 0 spiro atoms. The van der Waals surface area contributed by atoms with E-state index in [-0.39, 0.29) is 6.61 Å². The number of aliphatic hydroxyl groups excluding tert-OH is 3. The number of aliphatic hydroxyl groups is 3. The Labute approximate surface area is 139 Å². The van der Waals surface area contributed by atoms with Gasteiger partial charge in [0.2, 0.25) is 0 Å².